The summed E-state index contributed by atoms with van der Waals surface area (Å²) in [4.78, 5) is 31.4. The Balaban J connectivity index is 4.10. The molecule has 0 atom stereocenters. The van der Waals surface area contributed by atoms with Crippen molar-refractivity contribution in [2.45, 2.75) is 20.8 Å². The van der Waals surface area contributed by atoms with Gasteiger partial charge in [0.1, 0.15) is 0 Å². The minimum atomic E-state index is -3.59. The Morgan fingerprint density at radius 2 is 1.00 bits per heavy atom. The first kappa shape index (κ1) is 12.3. The van der Waals surface area contributed by atoms with E-state index in [1.807, 2.05) is 0 Å². The van der Waals surface area contributed by atoms with Crippen LogP contribution in [0.2, 0.25) is 0 Å². The predicted octanol–water partition coefficient (Wildman–Crippen LogP) is -0.339. The second-order valence-electron chi connectivity index (χ2n) is 1.97. The zero-order valence-corrected chi connectivity index (χ0v) is 10.9. The average Bonchev–Trinajstić information content (AvgIpc) is 1.80. The summed E-state index contributed by atoms with van der Waals surface area (Å²) in [5.74, 6) is -1.87. The van der Waals surface area contributed by atoms with Crippen molar-refractivity contribution in [3.8, 4) is 0 Å². The molecule has 0 aromatic heterocycles. The van der Waals surface area contributed by atoms with Crippen LogP contribution in [-0.2, 0) is 22.8 Å². The molecule has 0 aliphatic carbocycles. The van der Waals surface area contributed by atoms with Crippen LogP contribution in [0.5, 0.6) is 0 Å². The van der Waals surface area contributed by atoms with E-state index in [1.165, 1.54) is 0 Å². The fourth-order valence-electron chi connectivity index (χ4n) is 0.371. The molecule has 0 radical (unpaired) electrons. The van der Waals surface area contributed by atoms with E-state index >= 15 is 0 Å². The van der Waals surface area contributed by atoms with Crippen LogP contribution in [0.25, 0.3) is 0 Å². The molecule has 0 unspecified atom stereocenters. The van der Waals surface area contributed by atoms with E-state index in [4.69, 9.17) is 0 Å². The number of hydrogen-bond donors (Lipinski definition) is 0. The van der Waals surface area contributed by atoms with Crippen molar-refractivity contribution in [1.82, 2.24) is 0 Å². The van der Waals surface area contributed by atoms with Crippen molar-refractivity contribution < 1.29 is 22.8 Å². The quantitative estimate of drug-likeness (QED) is 0.618. The molecule has 0 aromatic rings. The first-order valence-electron chi connectivity index (χ1n) is 3.27. The Labute approximate surface area is 84.7 Å². The summed E-state index contributed by atoms with van der Waals surface area (Å²) in [7, 11) is 0. The van der Waals surface area contributed by atoms with Crippen molar-refractivity contribution in [1.29, 1.82) is 0 Å². The summed E-state index contributed by atoms with van der Waals surface area (Å²) in [5, 5.41) is 0. The van der Waals surface area contributed by atoms with Gasteiger partial charge in [-0.3, -0.25) is 0 Å². The van der Waals surface area contributed by atoms with Crippen LogP contribution in [0.3, 0.4) is 0 Å². The van der Waals surface area contributed by atoms with Gasteiger partial charge in [0.2, 0.25) is 0 Å². The Bertz CT molecular complexity index is 187. The Morgan fingerprint density at radius 1 is 0.769 bits per heavy atom. The van der Waals surface area contributed by atoms with E-state index in [9.17, 15) is 14.4 Å². The molecule has 0 fully saturated rings. The summed E-state index contributed by atoms with van der Waals surface area (Å²) in [6, 6.07) is 0. The van der Waals surface area contributed by atoms with Crippen LogP contribution in [0.4, 0.5) is 0 Å². The first-order chi connectivity index (χ1) is 5.91. The average molecular weight is 386 g/mol. The Morgan fingerprint density at radius 3 is 1.15 bits per heavy atom. The third kappa shape index (κ3) is 7.65. The maximum absolute atomic E-state index is 10.5. The van der Waals surface area contributed by atoms with Crippen LogP contribution < -0.4 is 0 Å². The zero-order chi connectivity index (χ0) is 10.4. The van der Waals surface area contributed by atoms with Gasteiger partial charge in [-0.25, -0.2) is 0 Å². The molecule has 0 spiro atoms. The number of rotatable bonds is 3. The van der Waals surface area contributed by atoms with Crippen molar-refractivity contribution in [2.24, 2.45) is 0 Å². The fraction of sp³-hybridized carbons (Fsp3) is 0.500. The third-order valence-corrected chi connectivity index (χ3v) is 5.35. The van der Waals surface area contributed by atoms with E-state index in [-0.39, 0.29) is 0 Å². The van der Waals surface area contributed by atoms with Gasteiger partial charge < -0.3 is 0 Å². The summed E-state index contributed by atoms with van der Waals surface area (Å²) in [6.07, 6.45) is 0. The number of carbonyl (C=O) groups is 3. The van der Waals surface area contributed by atoms with E-state index in [0.29, 0.717) is 0 Å². The normalized spacial score (nSPS) is 9.23. The van der Waals surface area contributed by atoms with Crippen molar-refractivity contribution in [2.75, 3.05) is 0 Å². The summed E-state index contributed by atoms with van der Waals surface area (Å²) < 4.78 is 13.7. The molecule has 6 nitrogen and oxygen atoms in total. The fourth-order valence-corrected chi connectivity index (χ4v) is 3.25. The zero-order valence-electron chi connectivity index (χ0n) is 7.40. The summed E-state index contributed by atoms with van der Waals surface area (Å²) in [6.45, 7) is 3.44. The molecular formula is C6H9BiO6. The molecule has 0 rings (SSSR count). The van der Waals surface area contributed by atoms with Gasteiger partial charge >= 0.3 is 84.6 Å². The molecule has 0 aliphatic heterocycles. The Kier molecular flexibility index (Phi) is 5.54. The van der Waals surface area contributed by atoms with Gasteiger partial charge in [-0.15, -0.1) is 0 Å². The van der Waals surface area contributed by atoms with E-state index in [0.717, 1.165) is 20.8 Å². The van der Waals surface area contributed by atoms with Crippen LogP contribution >= 0.6 is 0 Å². The second-order valence-corrected chi connectivity index (χ2v) is 5.84. The molecule has 74 valence electrons. The van der Waals surface area contributed by atoms with Gasteiger partial charge in [0, 0.05) is 0 Å². The molecule has 0 N–H and O–H groups in total. The summed E-state index contributed by atoms with van der Waals surface area (Å²) >= 11 is -3.59. The predicted molar refractivity (Wildman–Crippen MR) is 41.1 cm³/mol. The minimum absolute atomic E-state index is 0.625. The molecule has 0 amide bonds. The molecule has 13 heavy (non-hydrogen) atoms. The van der Waals surface area contributed by atoms with Gasteiger partial charge in [-0.1, -0.05) is 0 Å². The van der Waals surface area contributed by atoms with Crippen molar-refractivity contribution >= 4 is 41.0 Å². The SMILES string of the molecule is CC(=O)[O][Bi]([O]C(C)=O)[O]C(C)=O. The van der Waals surface area contributed by atoms with Gasteiger partial charge in [0.15, 0.2) is 0 Å². The third-order valence-electron chi connectivity index (χ3n) is 0.609. The van der Waals surface area contributed by atoms with Crippen LogP contribution in [0.1, 0.15) is 20.8 Å². The van der Waals surface area contributed by atoms with Crippen LogP contribution in [0, 0.1) is 0 Å². The monoisotopic (exact) mass is 386 g/mol. The van der Waals surface area contributed by atoms with Gasteiger partial charge in [0.05, 0.1) is 0 Å². The topological polar surface area (TPSA) is 78.9 Å². The van der Waals surface area contributed by atoms with Gasteiger partial charge in [-0.2, -0.15) is 0 Å². The second kappa shape index (κ2) is 5.86. The van der Waals surface area contributed by atoms with Gasteiger partial charge in [0.25, 0.3) is 0 Å². The van der Waals surface area contributed by atoms with E-state index in [1.54, 1.807) is 0 Å². The van der Waals surface area contributed by atoms with E-state index in [2.05, 4.69) is 8.44 Å². The van der Waals surface area contributed by atoms with Crippen molar-refractivity contribution in [3.05, 3.63) is 0 Å². The molecule has 0 saturated heterocycles. The molecular weight excluding hydrogens is 377 g/mol. The summed E-state index contributed by atoms with van der Waals surface area (Å²) in [5.41, 5.74) is 0. The molecule has 7 heteroatoms. The molecule has 0 heterocycles. The molecule has 0 aromatic carbocycles. The van der Waals surface area contributed by atoms with Crippen LogP contribution in [-0.4, -0.2) is 41.0 Å². The van der Waals surface area contributed by atoms with Crippen LogP contribution in [0.15, 0.2) is 0 Å². The molecule has 0 bridgehead atoms. The first-order valence-corrected chi connectivity index (χ1v) is 7.53. The number of carbonyl (C=O) groups excluding carboxylic acids is 3. The van der Waals surface area contributed by atoms with Gasteiger partial charge in [-0.05, 0) is 0 Å². The number of hydrogen-bond acceptors (Lipinski definition) is 6. The van der Waals surface area contributed by atoms with Crippen molar-refractivity contribution in [3.63, 3.8) is 0 Å². The molecule has 0 aliphatic rings. The standard InChI is InChI=1S/3C2H4O2.Bi/c3*1-2(3)4;/h3*1H3,(H,3,4);/q;;;+3/p-3. The Hall–Kier alpha value is -0.707. The maximum atomic E-state index is 10.5. The molecule has 0 saturated carbocycles. The van der Waals surface area contributed by atoms with E-state index < -0.39 is 41.0 Å².